The van der Waals surface area contributed by atoms with E-state index >= 15 is 0 Å². The zero-order valence-electron chi connectivity index (χ0n) is 6.93. The van der Waals surface area contributed by atoms with Crippen LogP contribution in [0.25, 0.3) is 0 Å². The Morgan fingerprint density at radius 3 is 2.50 bits per heavy atom. The maximum atomic E-state index is 10.6. The molecule has 1 amide bonds. The second-order valence-corrected chi connectivity index (χ2v) is 1.83. The highest BCUT2D eigenvalue weighted by atomic mass is 35.5. The average Bonchev–Trinajstić information content (AvgIpc) is 2.01. The van der Waals surface area contributed by atoms with Crippen LogP contribution in [0.2, 0.25) is 0 Å². The van der Waals surface area contributed by atoms with Gasteiger partial charge in [-0.25, -0.2) is 0 Å². The molecule has 0 aliphatic rings. The summed E-state index contributed by atoms with van der Waals surface area (Å²) in [6.45, 7) is 2.11. The molecule has 5 nitrogen and oxygen atoms in total. The summed E-state index contributed by atoms with van der Waals surface area (Å²) in [5.74, 6) is -0.674. The van der Waals surface area contributed by atoms with E-state index < -0.39 is 5.97 Å². The number of quaternary nitrogens is 1. The van der Waals surface area contributed by atoms with Crippen LogP contribution in [-0.4, -0.2) is 31.6 Å². The number of esters is 1. The molecule has 12 heavy (non-hydrogen) atoms. The van der Waals surface area contributed by atoms with Gasteiger partial charge in [0.25, 0.3) is 5.91 Å². The van der Waals surface area contributed by atoms with Gasteiger partial charge in [-0.15, -0.1) is 0 Å². The molecule has 0 unspecified atom stereocenters. The minimum absolute atomic E-state index is 0. The summed E-state index contributed by atoms with van der Waals surface area (Å²) in [5.41, 5.74) is 3.35. The molecular weight excluding hydrogens is 184 g/mol. The van der Waals surface area contributed by atoms with E-state index in [1.807, 2.05) is 0 Å². The standard InChI is InChI=1S/C6H12N2O3.ClH/c1-2-11-6(10)4-8-5(9)3-7;/h2-4,7H2,1H3,(H,8,9);1H. The molecule has 0 aliphatic carbocycles. The van der Waals surface area contributed by atoms with Crippen LogP contribution in [0.1, 0.15) is 6.92 Å². The Morgan fingerprint density at radius 1 is 1.50 bits per heavy atom. The Balaban J connectivity index is 0. The third-order valence-electron chi connectivity index (χ3n) is 0.962. The summed E-state index contributed by atoms with van der Waals surface area (Å²) < 4.78 is 4.56. The fourth-order valence-corrected chi connectivity index (χ4v) is 0.471. The number of ether oxygens (including phenoxy) is 1. The lowest BCUT2D eigenvalue weighted by Gasteiger charge is -2.01. The number of rotatable bonds is 4. The van der Waals surface area contributed by atoms with Crippen LogP contribution < -0.4 is 23.5 Å². The topological polar surface area (TPSA) is 83.0 Å². The van der Waals surface area contributed by atoms with Crippen molar-refractivity contribution in [3.63, 3.8) is 0 Å². The lowest BCUT2D eigenvalue weighted by atomic mass is 10.5. The van der Waals surface area contributed by atoms with Gasteiger partial charge in [0.1, 0.15) is 6.54 Å². The number of carbonyl (C=O) groups is 2. The van der Waals surface area contributed by atoms with Crippen LogP contribution in [0, 0.1) is 0 Å². The van der Waals surface area contributed by atoms with Crippen LogP contribution in [0.5, 0.6) is 0 Å². The Kier molecular flexibility index (Phi) is 9.50. The monoisotopic (exact) mass is 196 g/mol. The average molecular weight is 197 g/mol. The highest BCUT2D eigenvalue weighted by Gasteiger charge is 2.03. The van der Waals surface area contributed by atoms with Crippen molar-refractivity contribution in [2.75, 3.05) is 19.7 Å². The molecule has 0 bridgehead atoms. The number of hydrogen-bond acceptors (Lipinski definition) is 3. The van der Waals surface area contributed by atoms with Crippen LogP contribution in [0.15, 0.2) is 0 Å². The van der Waals surface area contributed by atoms with Crippen molar-refractivity contribution >= 4 is 11.9 Å². The van der Waals surface area contributed by atoms with Crippen molar-refractivity contribution in [2.24, 2.45) is 0 Å². The zero-order chi connectivity index (χ0) is 8.69. The van der Waals surface area contributed by atoms with Crippen molar-refractivity contribution in [3.8, 4) is 0 Å². The Hall–Kier alpha value is -0.810. The Morgan fingerprint density at radius 2 is 2.08 bits per heavy atom. The second-order valence-electron chi connectivity index (χ2n) is 1.83. The molecule has 6 heteroatoms. The largest absolute Gasteiger partial charge is 1.00 e. The van der Waals surface area contributed by atoms with Gasteiger partial charge in [-0.1, -0.05) is 0 Å². The third kappa shape index (κ3) is 7.30. The molecule has 0 fully saturated rings. The van der Waals surface area contributed by atoms with Crippen LogP contribution >= 0.6 is 0 Å². The molecule has 0 aromatic heterocycles. The molecular formula is C6H13ClN2O3. The quantitative estimate of drug-likeness (QED) is 0.442. The maximum absolute atomic E-state index is 10.6. The summed E-state index contributed by atoms with van der Waals surface area (Å²) in [6, 6.07) is 0. The second kappa shape index (κ2) is 8.29. The minimum Gasteiger partial charge on any atom is -1.00 e. The van der Waals surface area contributed by atoms with Gasteiger partial charge in [0.05, 0.1) is 6.61 Å². The van der Waals surface area contributed by atoms with Gasteiger partial charge in [0.2, 0.25) is 0 Å². The summed E-state index contributed by atoms with van der Waals surface area (Å²) in [6.07, 6.45) is 0. The normalized spacial score (nSPS) is 8.17. The van der Waals surface area contributed by atoms with Gasteiger partial charge in [-0.3, -0.25) is 9.59 Å². The van der Waals surface area contributed by atoms with Crippen molar-refractivity contribution in [1.82, 2.24) is 5.32 Å². The number of amides is 1. The van der Waals surface area contributed by atoms with Gasteiger partial charge in [0, 0.05) is 0 Å². The van der Waals surface area contributed by atoms with Crippen LogP contribution in [0.3, 0.4) is 0 Å². The molecule has 0 rings (SSSR count). The Labute approximate surface area is 77.0 Å². The molecule has 0 aromatic carbocycles. The van der Waals surface area contributed by atoms with E-state index in [0.717, 1.165) is 0 Å². The SMILES string of the molecule is CCOC(=O)CNC(=O)C[NH3+].[Cl-]. The fraction of sp³-hybridized carbons (Fsp3) is 0.667. The van der Waals surface area contributed by atoms with Gasteiger partial charge < -0.3 is 28.2 Å². The lowest BCUT2D eigenvalue weighted by Crippen LogP contribution is -3.00. The van der Waals surface area contributed by atoms with Crippen molar-refractivity contribution in [2.45, 2.75) is 6.92 Å². The molecule has 0 atom stereocenters. The smallest absolute Gasteiger partial charge is 0.325 e. The first-order chi connectivity index (χ1) is 5.20. The maximum Gasteiger partial charge on any atom is 0.325 e. The van der Waals surface area contributed by atoms with E-state index in [9.17, 15) is 9.59 Å². The van der Waals surface area contributed by atoms with Crippen LogP contribution in [0.4, 0.5) is 0 Å². The van der Waals surface area contributed by atoms with E-state index in [2.05, 4.69) is 15.8 Å². The van der Waals surface area contributed by atoms with Gasteiger partial charge in [-0.2, -0.15) is 0 Å². The predicted octanol–water partition coefficient (Wildman–Crippen LogP) is -5.09. The third-order valence-corrected chi connectivity index (χ3v) is 0.962. The highest BCUT2D eigenvalue weighted by Crippen LogP contribution is 1.74. The molecule has 0 radical (unpaired) electrons. The highest BCUT2D eigenvalue weighted by molar-refractivity contribution is 5.82. The number of carbonyl (C=O) groups excluding carboxylic acids is 2. The van der Waals surface area contributed by atoms with E-state index in [-0.39, 0.29) is 31.4 Å². The van der Waals surface area contributed by atoms with Crippen molar-refractivity contribution in [3.05, 3.63) is 0 Å². The fourth-order valence-electron chi connectivity index (χ4n) is 0.471. The van der Waals surface area contributed by atoms with Crippen LogP contribution in [-0.2, 0) is 14.3 Å². The first kappa shape index (κ1) is 13.8. The van der Waals surface area contributed by atoms with E-state index in [1.165, 1.54) is 0 Å². The summed E-state index contributed by atoms with van der Waals surface area (Å²) in [5, 5.41) is 2.34. The predicted molar refractivity (Wildman–Crippen MR) is 37.4 cm³/mol. The molecule has 0 aromatic rings. The van der Waals surface area contributed by atoms with Crippen molar-refractivity contribution < 1.29 is 32.5 Å². The first-order valence-electron chi connectivity index (χ1n) is 3.42. The summed E-state index contributed by atoms with van der Waals surface area (Å²) in [7, 11) is 0. The number of hydrogen-bond donors (Lipinski definition) is 2. The molecule has 72 valence electrons. The van der Waals surface area contributed by atoms with E-state index in [1.54, 1.807) is 6.92 Å². The van der Waals surface area contributed by atoms with Gasteiger partial charge >= 0.3 is 5.97 Å². The first-order valence-corrected chi connectivity index (χ1v) is 3.42. The molecule has 0 saturated carbocycles. The van der Waals surface area contributed by atoms with Gasteiger partial charge in [0.15, 0.2) is 6.54 Å². The molecule has 0 saturated heterocycles. The molecule has 0 aliphatic heterocycles. The zero-order valence-corrected chi connectivity index (χ0v) is 7.69. The molecule has 4 N–H and O–H groups in total. The number of halogens is 1. The number of nitrogens with one attached hydrogen (secondary N) is 1. The molecule has 0 heterocycles. The molecule has 0 spiro atoms. The van der Waals surface area contributed by atoms with Crippen molar-refractivity contribution in [1.29, 1.82) is 0 Å². The summed E-state index contributed by atoms with van der Waals surface area (Å²) in [4.78, 5) is 21.1. The van der Waals surface area contributed by atoms with E-state index in [0.29, 0.717) is 6.61 Å². The Bertz CT molecular complexity index is 152. The van der Waals surface area contributed by atoms with E-state index in [4.69, 9.17) is 0 Å². The van der Waals surface area contributed by atoms with Gasteiger partial charge in [-0.05, 0) is 6.92 Å². The lowest BCUT2D eigenvalue weighted by molar-refractivity contribution is -0.355. The minimum atomic E-state index is -0.422. The summed E-state index contributed by atoms with van der Waals surface area (Å²) >= 11 is 0.